The number of benzene rings is 1. The van der Waals surface area contributed by atoms with Gasteiger partial charge in [-0.1, -0.05) is 30.3 Å². The molecule has 0 aliphatic carbocycles. The average molecular weight is 317 g/mol. The van der Waals surface area contributed by atoms with E-state index >= 15 is 0 Å². The Bertz CT molecular complexity index is 749. The highest BCUT2D eigenvalue weighted by Crippen LogP contribution is 2.23. The van der Waals surface area contributed by atoms with E-state index in [2.05, 4.69) is 31.2 Å². The normalized spacial score (nSPS) is 10.6. The van der Waals surface area contributed by atoms with Gasteiger partial charge in [-0.25, -0.2) is 0 Å². The molecule has 0 aliphatic heterocycles. The summed E-state index contributed by atoms with van der Waals surface area (Å²) >= 11 is 3.32. The molecule has 3 rings (SSSR count). The lowest BCUT2D eigenvalue weighted by molar-refractivity contribution is 0.793. The predicted octanol–water partition coefficient (Wildman–Crippen LogP) is 2.39. The highest BCUT2D eigenvalue weighted by molar-refractivity contribution is 9.10. The number of hydrogen-bond acceptors (Lipinski definition) is 3. The average Bonchev–Trinajstić information content (AvgIpc) is 2.77. The van der Waals surface area contributed by atoms with Gasteiger partial charge in [0.25, 0.3) is 5.56 Å². The number of aromatic amines is 1. The minimum absolute atomic E-state index is 0.195. The van der Waals surface area contributed by atoms with Crippen molar-refractivity contribution in [2.75, 3.05) is 0 Å². The molecular weight excluding hydrogens is 308 g/mol. The third-order valence-electron chi connectivity index (χ3n) is 2.68. The van der Waals surface area contributed by atoms with Crippen molar-refractivity contribution in [3.8, 4) is 17.1 Å². The third kappa shape index (κ3) is 2.10. The van der Waals surface area contributed by atoms with E-state index in [0.717, 1.165) is 11.3 Å². The van der Waals surface area contributed by atoms with Gasteiger partial charge in [0.05, 0.1) is 5.69 Å². The molecule has 0 fully saturated rings. The van der Waals surface area contributed by atoms with Crippen LogP contribution in [-0.2, 0) is 0 Å². The predicted molar refractivity (Wildman–Crippen MR) is 75.1 cm³/mol. The maximum atomic E-state index is 12.2. The summed E-state index contributed by atoms with van der Waals surface area (Å²) in [4.78, 5) is 12.2. The van der Waals surface area contributed by atoms with Gasteiger partial charge < -0.3 is 0 Å². The molecular formula is C13H9BrN4O. The SMILES string of the molecule is O=c1c(Br)c(-c2ccccc2)[nH]n1-c1cccnn1. The molecule has 2 heterocycles. The lowest BCUT2D eigenvalue weighted by atomic mass is 10.2. The van der Waals surface area contributed by atoms with Crippen molar-refractivity contribution in [1.29, 1.82) is 0 Å². The van der Waals surface area contributed by atoms with Crippen LogP contribution in [0.2, 0.25) is 0 Å². The maximum absolute atomic E-state index is 12.2. The van der Waals surface area contributed by atoms with E-state index in [1.54, 1.807) is 18.3 Å². The topological polar surface area (TPSA) is 63.6 Å². The monoisotopic (exact) mass is 316 g/mol. The van der Waals surface area contributed by atoms with E-state index in [1.807, 2.05) is 30.3 Å². The third-order valence-corrected chi connectivity index (χ3v) is 3.42. The molecule has 0 saturated heterocycles. The van der Waals surface area contributed by atoms with Crippen LogP contribution in [0.5, 0.6) is 0 Å². The standard InChI is InChI=1S/C13H9BrN4O/c14-11-12(9-5-2-1-3-6-9)17-18(13(11)19)10-7-4-8-15-16-10/h1-8,17H. The Labute approximate surface area is 117 Å². The molecule has 0 saturated carbocycles. The molecule has 3 aromatic rings. The summed E-state index contributed by atoms with van der Waals surface area (Å²) in [5, 5.41) is 10.7. The molecule has 2 aromatic heterocycles. The second kappa shape index (κ2) is 4.81. The number of H-pyrrole nitrogens is 1. The Morgan fingerprint density at radius 1 is 1.11 bits per heavy atom. The molecule has 0 aliphatic rings. The number of rotatable bonds is 2. The van der Waals surface area contributed by atoms with E-state index in [0.29, 0.717) is 10.3 Å². The van der Waals surface area contributed by atoms with E-state index in [9.17, 15) is 4.79 Å². The summed E-state index contributed by atoms with van der Waals surface area (Å²) in [5.41, 5.74) is 1.45. The van der Waals surface area contributed by atoms with Crippen molar-refractivity contribution in [3.63, 3.8) is 0 Å². The van der Waals surface area contributed by atoms with Crippen molar-refractivity contribution < 1.29 is 0 Å². The molecule has 1 aromatic carbocycles. The minimum Gasteiger partial charge on any atom is -0.288 e. The van der Waals surface area contributed by atoms with Crippen LogP contribution in [-0.4, -0.2) is 20.0 Å². The molecule has 0 unspecified atom stereocenters. The summed E-state index contributed by atoms with van der Waals surface area (Å²) in [6.45, 7) is 0. The van der Waals surface area contributed by atoms with Crippen molar-refractivity contribution in [3.05, 3.63) is 63.5 Å². The Kier molecular flexibility index (Phi) is 3.00. The molecule has 6 heteroatoms. The van der Waals surface area contributed by atoms with Crippen LogP contribution in [0.4, 0.5) is 0 Å². The van der Waals surface area contributed by atoms with Gasteiger partial charge in [-0.3, -0.25) is 9.89 Å². The number of nitrogens with zero attached hydrogens (tertiary/aromatic N) is 3. The van der Waals surface area contributed by atoms with Crippen molar-refractivity contribution >= 4 is 15.9 Å². The summed E-state index contributed by atoms with van der Waals surface area (Å²) in [7, 11) is 0. The van der Waals surface area contributed by atoms with Gasteiger partial charge in [-0.15, -0.1) is 5.10 Å². The van der Waals surface area contributed by atoms with Gasteiger partial charge in [-0.05, 0) is 28.1 Å². The zero-order valence-corrected chi connectivity index (χ0v) is 11.3. The van der Waals surface area contributed by atoms with Crippen LogP contribution in [0.15, 0.2) is 57.9 Å². The number of aromatic nitrogens is 4. The molecule has 0 spiro atoms. The molecule has 0 atom stereocenters. The summed E-state index contributed by atoms with van der Waals surface area (Å²) in [6, 6.07) is 13.1. The van der Waals surface area contributed by atoms with Gasteiger partial charge >= 0.3 is 0 Å². The number of halogens is 1. The Balaban J connectivity index is 2.19. The lowest BCUT2D eigenvalue weighted by Crippen LogP contribution is -2.16. The van der Waals surface area contributed by atoms with E-state index < -0.39 is 0 Å². The Morgan fingerprint density at radius 2 is 1.89 bits per heavy atom. The number of nitrogens with one attached hydrogen (secondary N) is 1. The van der Waals surface area contributed by atoms with E-state index in [4.69, 9.17) is 0 Å². The second-order valence-electron chi connectivity index (χ2n) is 3.89. The smallest absolute Gasteiger partial charge is 0.287 e. The first kappa shape index (κ1) is 11.9. The fraction of sp³-hybridized carbons (Fsp3) is 0. The summed E-state index contributed by atoms with van der Waals surface area (Å²) < 4.78 is 1.84. The fourth-order valence-electron chi connectivity index (χ4n) is 1.79. The van der Waals surface area contributed by atoms with Crippen molar-refractivity contribution in [2.45, 2.75) is 0 Å². The maximum Gasteiger partial charge on any atom is 0.287 e. The zero-order chi connectivity index (χ0) is 13.2. The molecule has 1 N–H and O–H groups in total. The Hall–Kier alpha value is -2.21. The van der Waals surface area contributed by atoms with Crippen molar-refractivity contribution in [1.82, 2.24) is 20.0 Å². The second-order valence-corrected chi connectivity index (χ2v) is 4.68. The first-order valence-electron chi connectivity index (χ1n) is 5.61. The summed E-state index contributed by atoms with van der Waals surface area (Å²) in [5.74, 6) is 0.454. The van der Waals surface area contributed by atoms with Crippen LogP contribution in [0, 0.1) is 0 Å². The van der Waals surface area contributed by atoms with Gasteiger partial charge in [-0.2, -0.15) is 9.78 Å². The van der Waals surface area contributed by atoms with Crippen molar-refractivity contribution in [2.24, 2.45) is 0 Å². The first-order valence-corrected chi connectivity index (χ1v) is 6.40. The van der Waals surface area contributed by atoms with Crippen LogP contribution in [0.25, 0.3) is 17.1 Å². The molecule has 94 valence electrons. The highest BCUT2D eigenvalue weighted by atomic mass is 79.9. The molecule has 19 heavy (non-hydrogen) atoms. The fourth-order valence-corrected chi connectivity index (χ4v) is 2.28. The quantitative estimate of drug-likeness (QED) is 0.789. The van der Waals surface area contributed by atoms with E-state index in [1.165, 1.54) is 4.68 Å². The molecule has 5 nitrogen and oxygen atoms in total. The van der Waals surface area contributed by atoms with Gasteiger partial charge in [0, 0.05) is 11.8 Å². The van der Waals surface area contributed by atoms with Crippen LogP contribution in [0.1, 0.15) is 0 Å². The van der Waals surface area contributed by atoms with Crippen LogP contribution < -0.4 is 5.56 Å². The zero-order valence-electron chi connectivity index (χ0n) is 9.75. The van der Waals surface area contributed by atoms with Crippen LogP contribution in [0.3, 0.4) is 0 Å². The molecule has 0 amide bonds. The largest absolute Gasteiger partial charge is 0.288 e. The van der Waals surface area contributed by atoms with Gasteiger partial charge in [0.15, 0.2) is 5.82 Å². The van der Waals surface area contributed by atoms with Crippen LogP contribution >= 0.6 is 15.9 Å². The van der Waals surface area contributed by atoms with Gasteiger partial charge in [0.2, 0.25) is 0 Å². The molecule has 0 radical (unpaired) electrons. The minimum atomic E-state index is -0.195. The highest BCUT2D eigenvalue weighted by Gasteiger charge is 2.14. The molecule has 0 bridgehead atoms. The van der Waals surface area contributed by atoms with E-state index in [-0.39, 0.29) is 5.56 Å². The van der Waals surface area contributed by atoms with Gasteiger partial charge in [0.1, 0.15) is 4.47 Å². The first-order chi connectivity index (χ1) is 9.27. The number of hydrogen-bond donors (Lipinski definition) is 1. The summed E-state index contributed by atoms with van der Waals surface area (Å²) in [6.07, 6.45) is 1.56. The Morgan fingerprint density at radius 3 is 2.58 bits per heavy atom. The lowest BCUT2D eigenvalue weighted by Gasteiger charge is -1.99.